The zero-order chi connectivity index (χ0) is 7.14. The highest BCUT2D eigenvalue weighted by Gasteiger charge is 2.46. The van der Waals surface area contributed by atoms with Crippen molar-refractivity contribution in [3.8, 4) is 0 Å². The number of rotatable bonds is 2. The molecule has 0 saturated heterocycles. The van der Waals surface area contributed by atoms with Crippen LogP contribution in [0.2, 0.25) is 0 Å². The van der Waals surface area contributed by atoms with Crippen molar-refractivity contribution in [1.82, 2.24) is 0 Å². The molecule has 4 unspecified atom stereocenters. The Morgan fingerprint density at radius 2 is 2.30 bits per heavy atom. The van der Waals surface area contributed by atoms with E-state index in [1.807, 2.05) is 0 Å². The molecule has 58 valence electrons. The molecular weight excluding hydrogens is 122 g/mol. The van der Waals surface area contributed by atoms with Crippen molar-refractivity contribution in [3.05, 3.63) is 0 Å². The van der Waals surface area contributed by atoms with Gasteiger partial charge in [0, 0.05) is 6.04 Å². The summed E-state index contributed by atoms with van der Waals surface area (Å²) in [4.78, 5) is 0. The summed E-state index contributed by atoms with van der Waals surface area (Å²) in [6, 6.07) is 0.437. The molecule has 0 bridgehead atoms. The molecule has 0 aromatic carbocycles. The second-order valence-electron chi connectivity index (χ2n) is 4.21. The molecular formula is C9H17N. The SMILES string of the molecule is CC(N)CC1CC2CCC21. The van der Waals surface area contributed by atoms with Crippen LogP contribution in [0.5, 0.6) is 0 Å². The van der Waals surface area contributed by atoms with Crippen LogP contribution >= 0.6 is 0 Å². The molecule has 1 nitrogen and oxygen atoms in total. The summed E-state index contributed by atoms with van der Waals surface area (Å²) in [5.74, 6) is 3.24. The average Bonchev–Trinajstić information content (AvgIpc) is 1.80. The Hall–Kier alpha value is -0.0400. The van der Waals surface area contributed by atoms with Gasteiger partial charge in [-0.1, -0.05) is 0 Å². The summed E-state index contributed by atoms with van der Waals surface area (Å²) >= 11 is 0. The van der Waals surface area contributed by atoms with Gasteiger partial charge in [0.25, 0.3) is 0 Å². The molecule has 0 spiro atoms. The standard InChI is InChI=1S/C9H17N/c1-6(10)4-8-5-7-2-3-9(7)8/h6-9H,2-5,10H2,1H3. The molecule has 2 fully saturated rings. The fraction of sp³-hybridized carbons (Fsp3) is 1.00. The van der Waals surface area contributed by atoms with Gasteiger partial charge in [0.05, 0.1) is 0 Å². The van der Waals surface area contributed by atoms with Crippen molar-refractivity contribution in [2.24, 2.45) is 23.5 Å². The summed E-state index contributed by atoms with van der Waals surface area (Å²) in [6.07, 6.45) is 5.79. The van der Waals surface area contributed by atoms with E-state index in [0.29, 0.717) is 6.04 Å². The molecule has 0 aliphatic heterocycles. The van der Waals surface area contributed by atoms with Crippen LogP contribution in [0.15, 0.2) is 0 Å². The normalized spacial score (nSPS) is 46.8. The maximum Gasteiger partial charge on any atom is 0.00132 e. The van der Waals surface area contributed by atoms with Gasteiger partial charge >= 0.3 is 0 Å². The molecule has 0 amide bonds. The van der Waals surface area contributed by atoms with Gasteiger partial charge < -0.3 is 5.73 Å². The van der Waals surface area contributed by atoms with Crippen LogP contribution in [0.25, 0.3) is 0 Å². The summed E-state index contributed by atoms with van der Waals surface area (Å²) in [5.41, 5.74) is 5.73. The maximum absolute atomic E-state index is 5.73. The number of hydrogen-bond donors (Lipinski definition) is 1. The molecule has 0 heterocycles. The third-order valence-corrected chi connectivity index (χ3v) is 3.36. The zero-order valence-corrected chi connectivity index (χ0v) is 6.72. The van der Waals surface area contributed by atoms with E-state index in [9.17, 15) is 0 Å². The topological polar surface area (TPSA) is 26.0 Å². The molecule has 4 atom stereocenters. The lowest BCUT2D eigenvalue weighted by molar-refractivity contribution is -0.0318. The van der Waals surface area contributed by atoms with E-state index in [0.717, 1.165) is 17.8 Å². The van der Waals surface area contributed by atoms with Gasteiger partial charge in [-0.3, -0.25) is 0 Å². The minimum atomic E-state index is 0.437. The summed E-state index contributed by atoms with van der Waals surface area (Å²) in [7, 11) is 0. The Morgan fingerprint density at radius 3 is 2.60 bits per heavy atom. The van der Waals surface area contributed by atoms with Crippen LogP contribution in [0.3, 0.4) is 0 Å². The lowest BCUT2D eigenvalue weighted by Gasteiger charge is -2.53. The van der Waals surface area contributed by atoms with Gasteiger partial charge in [0.2, 0.25) is 0 Å². The van der Waals surface area contributed by atoms with Crippen molar-refractivity contribution in [2.75, 3.05) is 0 Å². The van der Waals surface area contributed by atoms with Crippen molar-refractivity contribution < 1.29 is 0 Å². The number of hydrogen-bond acceptors (Lipinski definition) is 1. The summed E-state index contributed by atoms with van der Waals surface area (Å²) in [5, 5.41) is 0. The van der Waals surface area contributed by atoms with Crippen molar-refractivity contribution in [1.29, 1.82) is 0 Å². The Balaban J connectivity index is 1.76. The quantitative estimate of drug-likeness (QED) is 0.620. The van der Waals surface area contributed by atoms with Crippen LogP contribution in [0, 0.1) is 17.8 Å². The second kappa shape index (κ2) is 2.23. The van der Waals surface area contributed by atoms with Gasteiger partial charge in [-0.15, -0.1) is 0 Å². The first-order chi connectivity index (χ1) is 4.77. The fourth-order valence-corrected chi connectivity index (χ4v) is 2.62. The molecule has 2 saturated carbocycles. The van der Waals surface area contributed by atoms with Gasteiger partial charge in [0.15, 0.2) is 0 Å². The average molecular weight is 139 g/mol. The first-order valence-corrected chi connectivity index (χ1v) is 4.53. The highest BCUT2D eigenvalue weighted by atomic mass is 14.6. The van der Waals surface area contributed by atoms with E-state index in [1.54, 1.807) is 0 Å². The fourth-order valence-electron chi connectivity index (χ4n) is 2.62. The highest BCUT2D eigenvalue weighted by molar-refractivity contribution is 4.96. The number of nitrogens with two attached hydrogens (primary N) is 1. The van der Waals surface area contributed by atoms with Gasteiger partial charge in [-0.2, -0.15) is 0 Å². The predicted molar refractivity (Wildman–Crippen MR) is 42.6 cm³/mol. The number of fused-ring (bicyclic) bond motifs is 1. The minimum absolute atomic E-state index is 0.437. The Bertz CT molecular complexity index is 131. The Kier molecular flexibility index (Phi) is 1.48. The molecule has 2 N–H and O–H groups in total. The predicted octanol–water partition coefficient (Wildman–Crippen LogP) is 1.77. The van der Waals surface area contributed by atoms with Crippen LogP contribution < -0.4 is 5.73 Å². The molecule has 2 rings (SSSR count). The molecule has 0 aromatic rings. The van der Waals surface area contributed by atoms with E-state index in [2.05, 4.69) is 6.92 Å². The third-order valence-electron chi connectivity index (χ3n) is 3.36. The van der Waals surface area contributed by atoms with Crippen molar-refractivity contribution >= 4 is 0 Å². The second-order valence-corrected chi connectivity index (χ2v) is 4.21. The molecule has 1 heteroatoms. The molecule has 0 radical (unpaired) electrons. The largest absolute Gasteiger partial charge is 0.328 e. The van der Waals surface area contributed by atoms with E-state index in [-0.39, 0.29) is 0 Å². The van der Waals surface area contributed by atoms with E-state index < -0.39 is 0 Å². The zero-order valence-electron chi connectivity index (χ0n) is 6.72. The van der Waals surface area contributed by atoms with Crippen molar-refractivity contribution in [3.63, 3.8) is 0 Å². The van der Waals surface area contributed by atoms with Crippen molar-refractivity contribution in [2.45, 2.75) is 38.6 Å². The monoisotopic (exact) mass is 139 g/mol. The van der Waals surface area contributed by atoms with Gasteiger partial charge in [0.1, 0.15) is 0 Å². The van der Waals surface area contributed by atoms with E-state index in [4.69, 9.17) is 5.73 Å². The smallest absolute Gasteiger partial charge is 0.00132 e. The van der Waals surface area contributed by atoms with Gasteiger partial charge in [-0.25, -0.2) is 0 Å². The lowest BCUT2D eigenvalue weighted by atomic mass is 9.52. The molecule has 2 aliphatic rings. The lowest BCUT2D eigenvalue weighted by Crippen LogP contribution is -2.46. The van der Waals surface area contributed by atoms with Gasteiger partial charge in [-0.05, 0) is 50.4 Å². The summed E-state index contributed by atoms with van der Waals surface area (Å²) in [6.45, 7) is 2.13. The molecule has 10 heavy (non-hydrogen) atoms. The minimum Gasteiger partial charge on any atom is -0.328 e. The third kappa shape index (κ3) is 0.878. The Morgan fingerprint density at radius 1 is 1.50 bits per heavy atom. The van der Waals surface area contributed by atoms with Crippen LogP contribution in [0.1, 0.15) is 32.6 Å². The first-order valence-electron chi connectivity index (χ1n) is 4.53. The van der Waals surface area contributed by atoms with E-state index >= 15 is 0 Å². The summed E-state index contributed by atoms with van der Waals surface area (Å²) < 4.78 is 0. The van der Waals surface area contributed by atoms with E-state index in [1.165, 1.54) is 25.7 Å². The Labute approximate surface area is 63.0 Å². The first kappa shape index (κ1) is 6.66. The molecule has 2 aliphatic carbocycles. The highest BCUT2D eigenvalue weighted by Crippen LogP contribution is 2.55. The van der Waals surface area contributed by atoms with Crippen LogP contribution in [-0.4, -0.2) is 6.04 Å². The van der Waals surface area contributed by atoms with Crippen LogP contribution in [0.4, 0.5) is 0 Å². The maximum atomic E-state index is 5.73. The molecule has 0 aromatic heterocycles. The van der Waals surface area contributed by atoms with Crippen LogP contribution in [-0.2, 0) is 0 Å².